The summed E-state index contributed by atoms with van der Waals surface area (Å²) in [5, 5.41) is 8.85. The second-order valence-corrected chi connectivity index (χ2v) is 6.88. The Kier molecular flexibility index (Phi) is 5.05. The molecule has 1 atom stereocenters. The SMILES string of the molecule is C=Cc1nn(C)cc1C(NC1=CN(C)C(=C)C(C)=C1)c1ccc(Cl)cc1. The lowest BCUT2D eigenvalue weighted by molar-refractivity contribution is 0.553. The molecule has 3 rings (SSSR count). The highest BCUT2D eigenvalue weighted by Gasteiger charge is 2.21. The summed E-state index contributed by atoms with van der Waals surface area (Å²) in [5.74, 6) is 0. The van der Waals surface area contributed by atoms with E-state index in [1.807, 2.05) is 55.7 Å². The largest absolute Gasteiger partial charge is 0.373 e. The molecule has 1 aliphatic rings. The Bertz CT molecular complexity index is 903. The number of rotatable bonds is 5. The van der Waals surface area contributed by atoms with Gasteiger partial charge in [0.25, 0.3) is 0 Å². The Morgan fingerprint density at radius 2 is 1.92 bits per heavy atom. The summed E-state index contributed by atoms with van der Waals surface area (Å²) >= 11 is 6.08. The van der Waals surface area contributed by atoms with Gasteiger partial charge in [0, 0.05) is 42.8 Å². The maximum atomic E-state index is 6.08. The number of nitrogens with one attached hydrogen (secondary N) is 1. The first-order chi connectivity index (χ1) is 12.4. The quantitative estimate of drug-likeness (QED) is 0.836. The Balaban J connectivity index is 2.04. The molecule has 2 heterocycles. The van der Waals surface area contributed by atoms with E-state index in [4.69, 9.17) is 11.6 Å². The fourth-order valence-corrected chi connectivity index (χ4v) is 3.19. The van der Waals surface area contributed by atoms with Crippen molar-refractivity contribution < 1.29 is 0 Å². The van der Waals surface area contributed by atoms with E-state index in [1.54, 1.807) is 10.8 Å². The third-order valence-corrected chi connectivity index (χ3v) is 4.74. The van der Waals surface area contributed by atoms with Crippen molar-refractivity contribution in [3.8, 4) is 0 Å². The first kappa shape index (κ1) is 18.1. The number of hydrogen-bond donors (Lipinski definition) is 1. The number of nitrogens with zero attached hydrogens (tertiary/aromatic N) is 3. The van der Waals surface area contributed by atoms with E-state index in [2.05, 4.69) is 36.6 Å². The predicted octanol–water partition coefficient (Wildman–Crippen LogP) is 4.64. The molecule has 134 valence electrons. The zero-order valence-corrected chi connectivity index (χ0v) is 16.1. The number of hydrogen-bond acceptors (Lipinski definition) is 3. The first-order valence-electron chi connectivity index (χ1n) is 8.39. The third-order valence-electron chi connectivity index (χ3n) is 4.49. The van der Waals surface area contributed by atoms with Crippen molar-refractivity contribution in [3.63, 3.8) is 0 Å². The van der Waals surface area contributed by atoms with Gasteiger partial charge in [0.05, 0.1) is 17.4 Å². The summed E-state index contributed by atoms with van der Waals surface area (Å²) in [5.41, 5.74) is 6.15. The van der Waals surface area contributed by atoms with Crippen LogP contribution < -0.4 is 5.32 Å². The van der Waals surface area contributed by atoms with Gasteiger partial charge in [-0.25, -0.2) is 0 Å². The number of aryl methyl sites for hydroxylation is 1. The van der Waals surface area contributed by atoms with E-state index in [9.17, 15) is 0 Å². The molecule has 0 radical (unpaired) electrons. The highest BCUT2D eigenvalue weighted by molar-refractivity contribution is 6.30. The monoisotopic (exact) mass is 366 g/mol. The molecule has 1 N–H and O–H groups in total. The molecule has 4 nitrogen and oxygen atoms in total. The van der Waals surface area contributed by atoms with Crippen molar-refractivity contribution in [2.75, 3.05) is 7.05 Å². The van der Waals surface area contributed by atoms with Crippen molar-refractivity contribution in [1.82, 2.24) is 20.0 Å². The Morgan fingerprint density at radius 1 is 1.23 bits per heavy atom. The average molecular weight is 367 g/mol. The number of likely N-dealkylation sites (N-methyl/N-ethyl adjacent to an activating group) is 1. The molecule has 0 aliphatic carbocycles. The highest BCUT2D eigenvalue weighted by atomic mass is 35.5. The van der Waals surface area contributed by atoms with Gasteiger partial charge in [-0.1, -0.05) is 36.9 Å². The number of halogens is 1. The van der Waals surface area contributed by atoms with Gasteiger partial charge in [0.15, 0.2) is 0 Å². The molecule has 2 aromatic rings. The maximum absolute atomic E-state index is 6.08. The van der Waals surface area contributed by atoms with Crippen LogP contribution in [0.5, 0.6) is 0 Å². The molecule has 0 saturated carbocycles. The molecule has 0 fully saturated rings. The number of allylic oxidation sites excluding steroid dienone is 2. The van der Waals surface area contributed by atoms with Gasteiger partial charge in [0.1, 0.15) is 0 Å². The molecule has 26 heavy (non-hydrogen) atoms. The smallest absolute Gasteiger partial charge is 0.0901 e. The van der Waals surface area contributed by atoms with Gasteiger partial charge in [-0.2, -0.15) is 5.10 Å². The minimum atomic E-state index is -0.0796. The lowest BCUT2D eigenvalue weighted by Crippen LogP contribution is -2.26. The molecule has 0 bridgehead atoms. The van der Waals surface area contributed by atoms with E-state index in [0.29, 0.717) is 5.02 Å². The van der Waals surface area contributed by atoms with Crippen LogP contribution in [0.25, 0.3) is 6.08 Å². The van der Waals surface area contributed by atoms with Crippen molar-refractivity contribution in [2.24, 2.45) is 7.05 Å². The molecule has 0 saturated heterocycles. The van der Waals surface area contributed by atoms with Gasteiger partial charge in [-0.05, 0) is 42.3 Å². The van der Waals surface area contributed by atoms with E-state index >= 15 is 0 Å². The lowest BCUT2D eigenvalue weighted by atomic mass is 9.98. The molecule has 1 aromatic heterocycles. The lowest BCUT2D eigenvalue weighted by Gasteiger charge is -2.28. The van der Waals surface area contributed by atoms with Crippen molar-refractivity contribution >= 4 is 17.7 Å². The van der Waals surface area contributed by atoms with Crippen molar-refractivity contribution in [2.45, 2.75) is 13.0 Å². The van der Waals surface area contributed by atoms with Gasteiger partial charge in [-0.15, -0.1) is 0 Å². The van der Waals surface area contributed by atoms with E-state index < -0.39 is 0 Å². The summed E-state index contributed by atoms with van der Waals surface area (Å²) in [6.07, 6.45) is 7.95. The molecule has 1 aromatic carbocycles. The Hall–Kier alpha value is -2.72. The van der Waals surface area contributed by atoms with Gasteiger partial charge in [0.2, 0.25) is 0 Å². The van der Waals surface area contributed by atoms with Crippen LogP contribution in [0, 0.1) is 0 Å². The van der Waals surface area contributed by atoms with Crippen LogP contribution >= 0.6 is 11.6 Å². The van der Waals surface area contributed by atoms with E-state index in [-0.39, 0.29) is 6.04 Å². The predicted molar refractivity (Wildman–Crippen MR) is 108 cm³/mol. The van der Waals surface area contributed by atoms with Gasteiger partial charge < -0.3 is 10.2 Å². The number of benzene rings is 1. The molecule has 1 aliphatic heterocycles. The van der Waals surface area contributed by atoms with E-state index in [0.717, 1.165) is 33.8 Å². The van der Waals surface area contributed by atoms with Crippen LogP contribution in [0.1, 0.15) is 29.8 Å². The third kappa shape index (κ3) is 3.60. The normalized spacial score (nSPS) is 15.4. The zero-order valence-electron chi connectivity index (χ0n) is 15.3. The molecule has 1 unspecified atom stereocenters. The summed E-state index contributed by atoms with van der Waals surface area (Å²) in [6, 6.07) is 7.79. The van der Waals surface area contributed by atoms with Crippen molar-refractivity contribution in [1.29, 1.82) is 0 Å². The fraction of sp³-hybridized carbons (Fsp3) is 0.190. The van der Waals surface area contributed by atoms with Crippen LogP contribution in [-0.4, -0.2) is 21.7 Å². The summed E-state index contributed by atoms with van der Waals surface area (Å²) in [6.45, 7) is 10.1. The second kappa shape index (κ2) is 7.26. The summed E-state index contributed by atoms with van der Waals surface area (Å²) in [7, 11) is 3.91. The molecular weight excluding hydrogens is 344 g/mol. The van der Waals surface area contributed by atoms with Crippen molar-refractivity contribution in [3.05, 3.63) is 94.7 Å². The van der Waals surface area contributed by atoms with Crippen LogP contribution in [0.2, 0.25) is 5.02 Å². The minimum absolute atomic E-state index is 0.0796. The van der Waals surface area contributed by atoms with Crippen LogP contribution in [-0.2, 0) is 7.05 Å². The van der Waals surface area contributed by atoms with Gasteiger partial charge >= 0.3 is 0 Å². The molecular formula is C21H23ClN4. The first-order valence-corrected chi connectivity index (χ1v) is 8.77. The van der Waals surface area contributed by atoms with Crippen LogP contribution in [0.4, 0.5) is 0 Å². The van der Waals surface area contributed by atoms with Crippen LogP contribution in [0.3, 0.4) is 0 Å². The summed E-state index contributed by atoms with van der Waals surface area (Å²) in [4.78, 5) is 2.02. The zero-order chi connectivity index (χ0) is 18.8. The maximum Gasteiger partial charge on any atom is 0.0901 e. The average Bonchev–Trinajstić information content (AvgIpc) is 2.99. The van der Waals surface area contributed by atoms with E-state index in [1.165, 1.54) is 0 Å². The standard InChI is InChI=1S/C21H23ClN4/c1-6-20-19(13-26(5)24-20)21(16-7-9-17(22)10-8-16)23-18-11-14(2)15(3)25(4)12-18/h6-13,21,23H,1,3H2,2,4-5H3. The minimum Gasteiger partial charge on any atom is -0.373 e. The molecule has 5 heteroatoms. The van der Waals surface area contributed by atoms with Crippen LogP contribution in [0.15, 0.2) is 72.9 Å². The summed E-state index contributed by atoms with van der Waals surface area (Å²) < 4.78 is 1.81. The van der Waals surface area contributed by atoms with Gasteiger partial charge in [-0.3, -0.25) is 4.68 Å². The highest BCUT2D eigenvalue weighted by Crippen LogP contribution is 2.29. The molecule has 0 spiro atoms. The topological polar surface area (TPSA) is 33.1 Å². The fourth-order valence-electron chi connectivity index (χ4n) is 3.07. The number of aromatic nitrogens is 2. The second-order valence-electron chi connectivity index (χ2n) is 6.45. The Morgan fingerprint density at radius 3 is 2.54 bits per heavy atom. The molecule has 0 amide bonds. The Labute approximate surface area is 159 Å².